The van der Waals surface area contributed by atoms with Crippen molar-refractivity contribution in [2.75, 3.05) is 6.54 Å². The molecule has 0 radical (unpaired) electrons. The number of furan rings is 1. The molecule has 66 valence electrons. The van der Waals surface area contributed by atoms with Crippen molar-refractivity contribution in [3.8, 4) is 0 Å². The first kappa shape index (κ1) is 7.80. The summed E-state index contributed by atoms with van der Waals surface area (Å²) >= 11 is 0. The molecule has 12 heavy (non-hydrogen) atoms. The minimum atomic E-state index is -0.436. The van der Waals surface area contributed by atoms with Crippen LogP contribution in [0.15, 0.2) is 16.7 Å². The van der Waals surface area contributed by atoms with Crippen molar-refractivity contribution in [1.29, 1.82) is 0 Å². The maximum Gasteiger partial charge on any atom is 0.282 e. The summed E-state index contributed by atoms with van der Waals surface area (Å²) in [6.07, 6.45) is 4.77. The highest BCUT2D eigenvalue weighted by molar-refractivity contribution is 5.13. The van der Waals surface area contributed by atoms with E-state index < -0.39 is 6.01 Å². The van der Waals surface area contributed by atoms with Crippen LogP contribution in [-0.2, 0) is 0 Å². The lowest BCUT2D eigenvalue weighted by Gasteiger charge is -2.21. The van der Waals surface area contributed by atoms with E-state index in [0.29, 0.717) is 5.56 Å². The Morgan fingerprint density at radius 1 is 1.50 bits per heavy atom. The lowest BCUT2D eigenvalue weighted by molar-refractivity contribution is 0.329. The van der Waals surface area contributed by atoms with E-state index in [9.17, 15) is 4.39 Å². The molecule has 0 spiro atoms. The first-order valence-electron chi connectivity index (χ1n) is 4.34. The van der Waals surface area contributed by atoms with E-state index in [1.165, 1.54) is 19.1 Å². The van der Waals surface area contributed by atoms with Gasteiger partial charge in [-0.3, -0.25) is 0 Å². The van der Waals surface area contributed by atoms with Gasteiger partial charge in [-0.15, -0.1) is 0 Å². The summed E-state index contributed by atoms with van der Waals surface area (Å²) in [4.78, 5) is 0. The van der Waals surface area contributed by atoms with Crippen LogP contribution in [0.25, 0.3) is 0 Å². The van der Waals surface area contributed by atoms with Crippen molar-refractivity contribution < 1.29 is 8.81 Å². The van der Waals surface area contributed by atoms with Crippen molar-refractivity contribution in [3.05, 3.63) is 23.9 Å². The normalized spacial score (nSPS) is 24.2. The first-order valence-corrected chi connectivity index (χ1v) is 4.34. The molecule has 1 aliphatic rings. The summed E-state index contributed by atoms with van der Waals surface area (Å²) in [7, 11) is 0. The third-order valence-corrected chi connectivity index (χ3v) is 2.33. The molecule has 0 bridgehead atoms. The number of piperidine rings is 1. The lowest BCUT2D eigenvalue weighted by atomic mass is 10.00. The molecule has 1 saturated heterocycles. The molecular formula is C9H12FNO. The summed E-state index contributed by atoms with van der Waals surface area (Å²) in [6.45, 7) is 0.981. The van der Waals surface area contributed by atoms with Crippen molar-refractivity contribution in [2.45, 2.75) is 25.3 Å². The van der Waals surface area contributed by atoms with Gasteiger partial charge in [0.15, 0.2) is 0 Å². The average Bonchev–Trinajstić information content (AvgIpc) is 2.53. The van der Waals surface area contributed by atoms with Crippen molar-refractivity contribution in [3.63, 3.8) is 0 Å². The molecule has 1 aromatic heterocycles. The summed E-state index contributed by atoms with van der Waals surface area (Å²) < 4.78 is 17.5. The molecule has 1 fully saturated rings. The standard InChI is InChI=1S/C9H12FNO/c10-9-7(4-6-12-9)8-3-1-2-5-11-8/h4,6,8,11H,1-3,5H2/t8-/m0/s1. The summed E-state index contributed by atoms with van der Waals surface area (Å²) in [5.74, 6) is 0. The van der Waals surface area contributed by atoms with Crippen LogP contribution in [0.2, 0.25) is 0 Å². The average molecular weight is 169 g/mol. The number of rotatable bonds is 1. The van der Waals surface area contributed by atoms with Crippen LogP contribution in [0, 0.1) is 6.01 Å². The zero-order chi connectivity index (χ0) is 8.39. The predicted octanol–water partition coefficient (Wildman–Crippen LogP) is 2.23. The third kappa shape index (κ3) is 1.37. The van der Waals surface area contributed by atoms with Crippen LogP contribution >= 0.6 is 0 Å². The molecule has 0 saturated carbocycles. The molecule has 0 aliphatic carbocycles. The predicted molar refractivity (Wildman–Crippen MR) is 43.3 cm³/mol. The smallest absolute Gasteiger partial charge is 0.282 e. The molecule has 1 aliphatic heterocycles. The Hall–Kier alpha value is -0.830. The summed E-state index contributed by atoms with van der Waals surface area (Å²) in [6, 6.07) is 1.44. The largest absolute Gasteiger partial charge is 0.439 e. The van der Waals surface area contributed by atoms with E-state index in [2.05, 4.69) is 9.73 Å². The van der Waals surface area contributed by atoms with Crippen LogP contribution < -0.4 is 5.32 Å². The topological polar surface area (TPSA) is 25.2 Å². The second-order valence-corrected chi connectivity index (χ2v) is 3.15. The monoisotopic (exact) mass is 169 g/mol. The zero-order valence-electron chi connectivity index (χ0n) is 6.85. The quantitative estimate of drug-likeness (QED) is 0.697. The maximum atomic E-state index is 12.9. The number of halogens is 1. The van der Waals surface area contributed by atoms with Crippen LogP contribution in [0.5, 0.6) is 0 Å². The fourth-order valence-electron chi connectivity index (χ4n) is 1.67. The maximum absolute atomic E-state index is 12.9. The second kappa shape index (κ2) is 3.27. The van der Waals surface area contributed by atoms with Gasteiger partial charge < -0.3 is 9.73 Å². The van der Waals surface area contributed by atoms with Gasteiger partial charge in [0.05, 0.1) is 6.26 Å². The van der Waals surface area contributed by atoms with Gasteiger partial charge in [-0.2, -0.15) is 4.39 Å². The van der Waals surface area contributed by atoms with Crippen molar-refractivity contribution in [1.82, 2.24) is 5.32 Å². The van der Waals surface area contributed by atoms with Crippen molar-refractivity contribution in [2.24, 2.45) is 0 Å². The van der Waals surface area contributed by atoms with Gasteiger partial charge in [0, 0.05) is 11.6 Å². The van der Waals surface area contributed by atoms with Crippen LogP contribution in [0.3, 0.4) is 0 Å². The Balaban J connectivity index is 2.13. The molecule has 1 N–H and O–H groups in total. The molecule has 2 heterocycles. The van der Waals surface area contributed by atoms with Gasteiger partial charge in [0.1, 0.15) is 0 Å². The third-order valence-electron chi connectivity index (χ3n) is 2.33. The highest BCUT2D eigenvalue weighted by Gasteiger charge is 2.19. The number of nitrogens with one attached hydrogen (secondary N) is 1. The fourth-order valence-corrected chi connectivity index (χ4v) is 1.67. The Kier molecular flexibility index (Phi) is 2.13. The first-order chi connectivity index (χ1) is 5.88. The fraction of sp³-hybridized carbons (Fsp3) is 0.556. The molecule has 0 aromatic carbocycles. The molecule has 2 nitrogen and oxygen atoms in total. The minimum absolute atomic E-state index is 0.164. The van der Waals surface area contributed by atoms with Crippen molar-refractivity contribution >= 4 is 0 Å². The van der Waals surface area contributed by atoms with Gasteiger partial charge in [-0.25, -0.2) is 0 Å². The van der Waals surface area contributed by atoms with E-state index in [1.807, 2.05) is 0 Å². The van der Waals surface area contributed by atoms with Gasteiger partial charge in [0.25, 0.3) is 6.01 Å². The molecule has 1 atom stereocenters. The van der Waals surface area contributed by atoms with E-state index in [-0.39, 0.29) is 6.04 Å². The number of hydrogen-bond acceptors (Lipinski definition) is 2. The molecule has 0 amide bonds. The lowest BCUT2D eigenvalue weighted by Crippen LogP contribution is -2.26. The molecular weight excluding hydrogens is 157 g/mol. The van der Waals surface area contributed by atoms with Gasteiger partial charge in [-0.1, -0.05) is 6.42 Å². The molecule has 2 rings (SSSR count). The molecule has 1 aromatic rings. The Bertz CT molecular complexity index is 253. The van der Waals surface area contributed by atoms with E-state index in [1.54, 1.807) is 6.07 Å². The second-order valence-electron chi connectivity index (χ2n) is 3.15. The zero-order valence-corrected chi connectivity index (χ0v) is 6.85. The van der Waals surface area contributed by atoms with Crippen LogP contribution in [0.4, 0.5) is 4.39 Å². The van der Waals surface area contributed by atoms with Gasteiger partial charge >= 0.3 is 0 Å². The van der Waals surface area contributed by atoms with Gasteiger partial charge in [0.2, 0.25) is 0 Å². The van der Waals surface area contributed by atoms with Crippen LogP contribution in [0.1, 0.15) is 30.9 Å². The van der Waals surface area contributed by atoms with E-state index in [4.69, 9.17) is 0 Å². The molecule has 3 heteroatoms. The summed E-state index contributed by atoms with van der Waals surface area (Å²) in [5.41, 5.74) is 0.676. The van der Waals surface area contributed by atoms with Gasteiger partial charge in [-0.05, 0) is 25.5 Å². The molecule has 0 unspecified atom stereocenters. The van der Waals surface area contributed by atoms with E-state index >= 15 is 0 Å². The summed E-state index contributed by atoms with van der Waals surface area (Å²) in [5, 5.41) is 3.26. The SMILES string of the molecule is Fc1occc1[C@@H]1CCCCN1. The highest BCUT2D eigenvalue weighted by atomic mass is 19.1. The van der Waals surface area contributed by atoms with Crippen LogP contribution in [-0.4, -0.2) is 6.54 Å². The number of hydrogen-bond donors (Lipinski definition) is 1. The van der Waals surface area contributed by atoms with E-state index in [0.717, 1.165) is 13.0 Å². The Morgan fingerprint density at radius 2 is 2.42 bits per heavy atom. The highest BCUT2D eigenvalue weighted by Crippen LogP contribution is 2.25. The minimum Gasteiger partial charge on any atom is -0.439 e. The Morgan fingerprint density at radius 3 is 3.00 bits per heavy atom. The Labute approximate surface area is 70.8 Å².